The van der Waals surface area contributed by atoms with Crippen LogP contribution in [0.15, 0.2) is 97.2 Å². The van der Waals surface area contributed by atoms with E-state index in [9.17, 15) is 18.3 Å². The third-order valence-corrected chi connectivity index (χ3v) is 6.85. The molecule has 0 unspecified atom stereocenters. The van der Waals surface area contributed by atoms with Crippen molar-refractivity contribution in [3.8, 4) is 0 Å². The van der Waals surface area contributed by atoms with Crippen molar-refractivity contribution in [1.29, 1.82) is 0 Å². The highest BCUT2D eigenvalue weighted by molar-refractivity contribution is 6.30. The maximum absolute atomic E-state index is 12.9. The zero-order valence-electron chi connectivity index (χ0n) is 19.7. The van der Waals surface area contributed by atoms with E-state index in [1.807, 2.05) is 6.07 Å². The fourth-order valence-electron chi connectivity index (χ4n) is 4.31. The number of nitrogens with one attached hydrogen (secondary N) is 1. The topological polar surface area (TPSA) is 58.0 Å². The minimum atomic E-state index is -4.39. The Morgan fingerprint density at radius 1 is 0.711 bits per heavy atom. The molecule has 5 aromatic rings. The molecule has 5 rings (SSSR count). The molecule has 2 N–H and O–H groups in total. The lowest BCUT2D eigenvalue weighted by atomic mass is 9.80. The van der Waals surface area contributed by atoms with Gasteiger partial charge in [0.25, 0.3) is 0 Å². The van der Waals surface area contributed by atoms with Crippen LogP contribution in [-0.4, -0.2) is 15.3 Å². The first-order valence-electron chi connectivity index (χ1n) is 11.5. The van der Waals surface area contributed by atoms with E-state index in [2.05, 4.69) is 15.5 Å². The first-order chi connectivity index (χ1) is 18.1. The molecule has 0 aliphatic rings. The molecule has 4 nitrogen and oxygen atoms in total. The SMILES string of the molecule is OC(c1ccc(Cl)cc1)(c1ccc(Cl)cc1)c1ccc2nncc(NCc3ccc(C(F)(F)F)cc3)c2c1. The van der Waals surface area contributed by atoms with Crippen LogP contribution in [0.3, 0.4) is 0 Å². The average Bonchev–Trinajstić information content (AvgIpc) is 2.91. The van der Waals surface area contributed by atoms with E-state index < -0.39 is 17.3 Å². The summed E-state index contributed by atoms with van der Waals surface area (Å²) in [5, 5.41) is 25.5. The molecule has 0 aliphatic carbocycles. The molecule has 0 radical (unpaired) electrons. The van der Waals surface area contributed by atoms with E-state index in [1.165, 1.54) is 12.1 Å². The highest BCUT2D eigenvalue weighted by Crippen LogP contribution is 2.39. The first kappa shape index (κ1) is 26.0. The number of anilines is 1. The van der Waals surface area contributed by atoms with Crippen LogP contribution in [-0.2, 0) is 18.3 Å². The number of aliphatic hydroxyl groups is 1. The number of alkyl halides is 3. The fourth-order valence-corrected chi connectivity index (χ4v) is 4.57. The Morgan fingerprint density at radius 3 is 1.79 bits per heavy atom. The molecule has 0 spiro atoms. The smallest absolute Gasteiger partial charge is 0.379 e. The number of halogens is 5. The van der Waals surface area contributed by atoms with Crippen molar-refractivity contribution in [2.75, 3.05) is 5.32 Å². The summed E-state index contributed by atoms with van der Waals surface area (Å²) < 4.78 is 38.7. The van der Waals surface area contributed by atoms with Crippen LogP contribution < -0.4 is 5.32 Å². The zero-order valence-corrected chi connectivity index (χ0v) is 21.2. The van der Waals surface area contributed by atoms with Gasteiger partial charge in [0.05, 0.1) is 23.0 Å². The van der Waals surface area contributed by atoms with E-state index >= 15 is 0 Å². The first-order valence-corrected chi connectivity index (χ1v) is 12.3. The van der Waals surface area contributed by atoms with Crippen LogP contribution in [0.5, 0.6) is 0 Å². The van der Waals surface area contributed by atoms with Gasteiger partial charge in [-0.3, -0.25) is 0 Å². The van der Waals surface area contributed by atoms with Crippen LogP contribution in [0.4, 0.5) is 18.9 Å². The monoisotopic (exact) mass is 553 g/mol. The van der Waals surface area contributed by atoms with Gasteiger partial charge >= 0.3 is 6.18 Å². The molecule has 0 bridgehead atoms. The summed E-state index contributed by atoms with van der Waals surface area (Å²) in [6.45, 7) is 0.266. The van der Waals surface area contributed by atoms with Gasteiger partial charge in [0, 0.05) is 22.0 Å². The second-order valence-corrected chi connectivity index (χ2v) is 9.64. The quantitative estimate of drug-likeness (QED) is 0.210. The Hall–Kier alpha value is -3.65. The summed E-state index contributed by atoms with van der Waals surface area (Å²) in [6.07, 6.45) is -2.85. The van der Waals surface area contributed by atoms with Crippen molar-refractivity contribution in [2.45, 2.75) is 18.3 Å². The number of benzene rings is 4. The maximum atomic E-state index is 12.9. The molecule has 0 fully saturated rings. The predicted octanol–water partition coefficient (Wildman–Crippen LogP) is 7.85. The van der Waals surface area contributed by atoms with Crippen molar-refractivity contribution in [3.63, 3.8) is 0 Å². The molecule has 192 valence electrons. The van der Waals surface area contributed by atoms with Crippen molar-refractivity contribution >= 4 is 39.8 Å². The molecule has 1 heterocycles. The lowest BCUT2D eigenvalue weighted by Crippen LogP contribution is -2.28. The van der Waals surface area contributed by atoms with E-state index in [4.69, 9.17) is 23.2 Å². The predicted molar refractivity (Wildman–Crippen MR) is 143 cm³/mol. The molecule has 0 atom stereocenters. The fraction of sp³-hybridized carbons (Fsp3) is 0.103. The van der Waals surface area contributed by atoms with Gasteiger partial charge in [-0.2, -0.15) is 23.4 Å². The lowest BCUT2D eigenvalue weighted by molar-refractivity contribution is -0.137. The van der Waals surface area contributed by atoms with Crippen LogP contribution >= 0.6 is 23.2 Å². The molecule has 1 aromatic heterocycles. The molecule has 0 aliphatic heterocycles. The Morgan fingerprint density at radius 2 is 1.24 bits per heavy atom. The normalized spacial score (nSPS) is 12.1. The number of aromatic nitrogens is 2. The highest BCUT2D eigenvalue weighted by atomic mass is 35.5. The van der Waals surface area contributed by atoms with E-state index in [1.54, 1.807) is 66.9 Å². The number of fused-ring (bicyclic) bond motifs is 1. The number of hydrogen-bond acceptors (Lipinski definition) is 4. The zero-order chi connectivity index (χ0) is 26.9. The van der Waals surface area contributed by atoms with E-state index in [0.29, 0.717) is 48.9 Å². The summed E-state index contributed by atoms with van der Waals surface area (Å²) >= 11 is 12.2. The van der Waals surface area contributed by atoms with Crippen LogP contribution in [0.2, 0.25) is 10.0 Å². The maximum Gasteiger partial charge on any atom is 0.416 e. The van der Waals surface area contributed by atoms with Gasteiger partial charge in [-0.05, 0) is 70.8 Å². The number of hydrogen-bond donors (Lipinski definition) is 2. The molecule has 0 saturated heterocycles. The van der Waals surface area contributed by atoms with Gasteiger partial charge in [-0.25, -0.2) is 0 Å². The molecule has 0 amide bonds. The van der Waals surface area contributed by atoms with Gasteiger partial charge in [0.2, 0.25) is 0 Å². The summed E-state index contributed by atoms with van der Waals surface area (Å²) in [4.78, 5) is 0. The Labute approximate surface area is 226 Å². The molecule has 38 heavy (non-hydrogen) atoms. The van der Waals surface area contributed by atoms with Gasteiger partial charge < -0.3 is 10.4 Å². The van der Waals surface area contributed by atoms with E-state index in [-0.39, 0.29) is 6.54 Å². The van der Waals surface area contributed by atoms with Gasteiger partial charge in [0.1, 0.15) is 5.60 Å². The van der Waals surface area contributed by atoms with Crippen molar-refractivity contribution < 1.29 is 18.3 Å². The lowest BCUT2D eigenvalue weighted by Gasteiger charge is -2.30. The second kappa shape index (κ2) is 10.3. The van der Waals surface area contributed by atoms with Crippen molar-refractivity contribution in [1.82, 2.24) is 10.2 Å². The van der Waals surface area contributed by atoms with E-state index in [0.717, 1.165) is 12.1 Å². The minimum Gasteiger partial charge on any atom is -0.379 e. The Balaban J connectivity index is 1.55. The molecule has 4 aromatic carbocycles. The molecular formula is C29H20Cl2F3N3O. The Kier molecular flexibility index (Phi) is 7.01. The van der Waals surface area contributed by atoms with Crippen LogP contribution in [0.1, 0.15) is 27.8 Å². The van der Waals surface area contributed by atoms with Crippen molar-refractivity contribution in [3.05, 3.63) is 135 Å². The summed E-state index contributed by atoms with van der Waals surface area (Å²) in [7, 11) is 0. The summed E-state index contributed by atoms with van der Waals surface area (Å²) in [5.41, 5.74) is 1.39. The molecule has 0 saturated carbocycles. The standard InChI is InChI=1S/C29H20Cl2F3N3O/c30-23-10-5-19(6-11-23)28(38,20-7-12-24(31)13-8-20)22-9-14-26-25(15-22)27(17-36-37-26)35-16-18-1-3-21(4-2-18)29(32,33)34/h1-15,17,38H,16H2,(H,35,37). The number of nitrogens with zero attached hydrogens (tertiary/aromatic N) is 2. The average molecular weight is 554 g/mol. The summed E-state index contributed by atoms with van der Waals surface area (Å²) in [5.74, 6) is 0. The second-order valence-electron chi connectivity index (χ2n) is 8.76. The van der Waals surface area contributed by atoms with Gasteiger partial charge in [0.15, 0.2) is 0 Å². The molecule has 9 heteroatoms. The van der Waals surface area contributed by atoms with Crippen LogP contribution in [0, 0.1) is 0 Å². The summed E-state index contributed by atoms with van der Waals surface area (Å²) in [6, 6.07) is 24.2. The molecular weight excluding hydrogens is 534 g/mol. The third-order valence-electron chi connectivity index (χ3n) is 6.35. The van der Waals surface area contributed by atoms with Crippen molar-refractivity contribution in [2.24, 2.45) is 0 Å². The minimum absolute atomic E-state index is 0.266. The van der Waals surface area contributed by atoms with Crippen LogP contribution in [0.25, 0.3) is 10.9 Å². The number of rotatable bonds is 6. The third kappa shape index (κ3) is 5.18. The van der Waals surface area contributed by atoms with Gasteiger partial charge in [-0.1, -0.05) is 65.7 Å². The highest BCUT2D eigenvalue weighted by Gasteiger charge is 2.34. The largest absolute Gasteiger partial charge is 0.416 e. The van der Waals surface area contributed by atoms with Gasteiger partial charge in [-0.15, -0.1) is 0 Å². The Bertz CT molecular complexity index is 1530.